The van der Waals surface area contributed by atoms with Gasteiger partial charge in [-0.05, 0) is 43.4 Å². The summed E-state index contributed by atoms with van der Waals surface area (Å²) < 4.78 is 12.9. The number of likely N-dealkylation sites (N-methyl/N-ethyl adjacent to an activating group) is 1. The van der Waals surface area contributed by atoms with E-state index in [2.05, 4.69) is 10.6 Å². The van der Waals surface area contributed by atoms with Gasteiger partial charge in [0.25, 0.3) is 0 Å². The standard InChI is InChI=1S/C15H12ClFN2OS/c1-18-14-10-6-11(16)13(7-12(10)19-15(14)20)21-9-4-2-8(17)3-5-9/h2-7,14,18H,1H3,(H,19,20). The highest BCUT2D eigenvalue weighted by Gasteiger charge is 2.30. The molecule has 1 aliphatic rings. The van der Waals surface area contributed by atoms with Gasteiger partial charge in [0.05, 0.1) is 5.02 Å². The van der Waals surface area contributed by atoms with Crippen molar-refractivity contribution in [1.29, 1.82) is 0 Å². The van der Waals surface area contributed by atoms with Crippen molar-refractivity contribution < 1.29 is 9.18 Å². The highest BCUT2D eigenvalue weighted by atomic mass is 35.5. The van der Waals surface area contributed by atoms with E-state index in [1.54, 1.807) is 25.2 Å². The number of carbonyl (C=O) groups excluding carboxylic acids is 1. The first-order valence-electron chi connectivity index (χ1n) is 6.33. The van der Waals surface area contributed by atoms with Crippen LogP contribution in [0, 0.1) is 5.82 Å². The van der Waals surface area contributed by atoms with Crippen molar-refractivity contribution in [1.82, 2.24) is 5.32 Å². The van der Waals surface area contributed by atoms with Gasteiger partial charge in [-0.3, -0.25) is 4.79 Å². The molecule has 1 heterocycles. The van der Waals surface area contributed by atoms with Crippen LogP contribution in [0.3, 0.4) is 0 Å². The maximum atomic E-state index is 12.9. The molecule has 0 saturated heterocycles. The predicted molar refractivity (Wildman–Crippen MR) is 82.4 cm³/mol. The molecule has 2 aromatic carbocycles. The number of carbonyl (C=O) groups is 1. The Hall–Kier alpha value is -1.56. The minimum absolute atomic E-state index is 0.0903. The Kier molecular flexibility index (Phi) is 3.89. The Labute approximate surface area is 130 Å². The molecular weight excluding hydrogens is 311 g/mol. The summed E-state index contributed by atoms with van der Waals surface area (Å²) in [7, 11) is 1.73. The quantitative estimate of drug-likeness (QED) is 0.902. The lowest BCUT2D eigenvalue weighted by molar-refractivity contribution is -0.117. The average Bonchev–Trinajstić information content (AvgIpc) is 2.76. The summed E-state index contributed by atoms with van der Waals surface area (Å²) in [6.07, 6.45) is 0. The number of hydrogen-bond donors (Lipinski definition) is 2. The van der Waals surface area contributed by atoms with E-state index in [-0.39, 0.29) is 17.8 Å². The number of hydrogen-bond acceptors (Lipinski definition) is 3. The molecule has 1 atom stereocenters. The summed E-state index contributed by atoms with van der Waals surface area (Å²) in [6.45, 7) is 0. The molecule has 0 aromatic heterocycles. The minimum atomic E-state index is -0.373. The number of fused-ring (bicyclic) bond motifs is 1. The van der Waals surface area contributed by atoms with Crippen molar-refractivity contribution in [2.45, 2.75) is 15.8 Å². The van der Waals surface area contributed by atoms with E-state index in [0.29, 0.717) is 5.02 Å². The fraction of sp³-hybridized carbons (Fsp3) is 0.133. The molecule has 0 radical (unpaired) electrons. The Balaban J connectivity index is 1.93. The van der Waals surface area contributed by atoms with Crippen molar-refractivity contribution >= 4 is 35.0 Å². The van der Waals surface area contributed by atoms with Crippen molar-refractivity contribution in [3.63, 3.8) is 0 Å². The fourth-order valence-corrected chi connectivity index (χ4v) is 3.40. The number of rotatable bonds is 3. The van der Waals surface area contributed by atoms with E-state index in [4.69, 9.17) is 11.6 Å². The lowest BCUT2D eigenvalue weighted by Crippen LogP contribution is -2.23. The zero-order valence-electron chi connectivity index (χ0n) is 11.1. The summed E-state index contributed by atoms with van der Waals surface area (Å²) in [5, 5.41) is 6.35. The van der Waals surface area contributed by atoms with E-state index in [1.807, 2.05) is 6.07 Å². The van der Waals surface area contributed by atoms with Crippen LogP contribution in [0.5, 0.6) is 0 Å². The number of benzene rings is 2. The fourth-order valence-electron chi connectivity index (χ4n) is 2.26. The van der Waals surface area contributed by atoms with Crippen LogP contribution in [-0.2, 0) is 4.79 Å². The van der Waals surface area contributed by atoms with Gasteiger partial charge in [-0.15, -0.1) is 0 Å². The van der Waals surface area contributed by atoms with Crippen LogP contribution in [-0.4, -0.2) is 13.0 Å². The Morgan fingerprint density at radius 3 is 2.67 bits per heavy atom. The lowest BCUT2D eigenvalue weighted by atomic mass is 10.1. The van der Waals surface area contributed by atoms with Crippen molar-refractivity contribution in [3.8, 4) is 0 Å². The largest absolute Gasteiger partial charge is 0.324 e. The Morgan fingerprint density at radius 1 is 1.29 bits per heavy atom. The molecule has 108 valence electrons. The SMILES string of the molecule is CNC1C(=O)Nc2cc(Sc3ccc(F)cc3)c(Cl)cc21. The normalized spacial score (nSPS) is 16.7. The van der Waals surface area contributed by atoms with Crippen molar-refractivity contribution in [2.75, 3.05) is 12.4 Å². The topological polar surface area (TPSA) is 41.1 Å². The molecule has 0 spiro atoms. The second-order valence-electron chi connectivity index (χ2n) is 4.64. The molecule has 2 aromatic rings. The molecule has 1 amide bonds. The average molecular weight is 323 g/mol. The van der Waals surface area contributed by atoms with E-state index in [9.17, 15) is 9.18 Å². The summed E-state index contributed by atoms with van der Waals surface area (Å²) in [5.41, 5.74) is 1.60. The molecular formula is C15H12ClFN2OS. The van der Waals surface area contributed by atoms with Gasteiger partial charge in [0.2, 0.25) is 5.91 Å². The van der Waals surface area contributed by atoms with Gasteiger partial charge in [-0.2, -0.15) is 0 Å². The Morgan fingerprint density at radius 2 is 2.00 bits per heavy atom. The molecule has 1 unspecified atom stereocenters. The molecule has 0 bridgehead atoms. The smallest absolute Gasteiger partial charge is 0.246 e. The van der Waals surface area contributed by atoms with Gasteiger partial charge in [0, 0.05) is 21.0 Å². The Bertz CT molecular complexity index is 706. The van der Waals surface area contributed by atoms with Crippen LogP contribution < -0.4 is 10.6 Å². The van der Waals surface area contributed by atoms with Gasteiger partial charge < -0.3 is 10.6 Å². The molecule has 0 saturated carbocycles. The molecule has 21 heavy (non-hydrogen) atoms. The summed E-state index contributed by atoms with van der Waals surface area (Å²) in [5.74, 6) is -0.365. The number of nitrogens with one attached hydrogen (secondary N) is 2. The van der Waals surface area contributed by atoms with E-state index in [0.717, 1.165) is 21.0 Å². The van der Waals surface area contributed by atoms with E-state index >= 15 is 0 Å². The summed E-state index contributed by atoms with van der Waals surface area (Å²) in [6, 6.07) is 9.47. The van der Waals surface area contributed by atoms with Gasteiger partial charge in [0.1, 0.15) is 11.9 Å². The zero-order valence-corrected chi connectivity index (χ0v) is 12.7. The monoisotopic (exact) mass is 322 g/mol. The van der Waals surface area contributed by atoms with Crippen LogP contribution in [0.1, 0.15) is 11.6 Å². The van der Waals surface area contributed by atoms with E-state index in [1.165, 1.54) is 23.9 Å². The van der Waals surface area contributed by atoms with Crippen LogP contribution in [0.15, 0.2) is 46.2 Å². The number of anilines is 1. The maximum Gasteiger partial charge on any atom is 0.246 e. The first kappa shape index (κ1) is 14.4. The van der Waals surface area contributed by atoms with Crippen molar-refractivity contribution in [2.24, 2.45) is 0 Å². The molecule has 3 rings (SSSR count). The van der Waals surface area contributed by atoms with Gasteiger partial charge >= 0.3 is 0 Å². The second kappa shape index (κ2) is 5.67. The van der Waals surface area contributed by atoms with Crippen molar-refractivity contribution in [3.05, 3.63) is 52.8 Å². The molecule has 3 nitrogen and oxygen atoms in total. The second-order valence-corrected chi connectivity index (χ2v) is 6.16. The van der Waals surface area contributed by atoms with Gasteiger partial charge in [-0.1, -0.05) is 23.4 Å². The maximum absolute atomic E-state index is 12.9. The van der Waals surface area contributed by atoms with Crippen LogP contribution in [0.2, 0.25) is 5.02 Å². The van der Waals surface area contributed by atoms with Gasteiger partial charge in [0.15, 0.2) is 0 Å². The molecule has 1 aliphatic heterocycles. The first-order chi connectivity index (χ1) is 10.1. The minimum Gasteiger partial charge on any atom is -0.324 e. The first-order valence-corrected chi connectivity index (χ1v) is 7.53. The zero-order chi connectivity index (χ0) is 15.0. The predicted octanol–water partition coefficient (Wildman–Crippen LogP) is 3.84. The molecule has 2 N–H and O–H groups in total. The summed E-state index contributed by atoms with van der Waals surface area (Å²) >= 11 is 7.73. The highest BCUT2D eigenvalue weighted by Crippen LogP contribution is 2.41. The third-order valence-electron chi connectivity index (χ3n) is 3.27. The third kappa shape index (κ3) is 2.77. The van der Waals surface area contributed by atoms with Crippen LogP contribution >= 0.6 is 23.4 Å². The third-order valence-corrected chi connectivity index (χ3v) is 4.76. The van der Waals surface area contributed by atoms with Crippen LogP contribution in [0.25, 0.3) is 0 Å². The number of halogens is 2. The molecule has 0 fully saturated rings. The lowest BCUT2D eigenvalue weighted by Gasteiger charge is -2.10. The van der Waals surface area contributed by atoms with Gasteiger partial charge in [-0.25, -0.2) is 4.39 Å². The summed E-state index contributed by atoms with van der Waals surface area (Å²) in [4.78, 5) is 13.5. The number of amides is 1. The van der Waals surface area contributed by atoms with Crippen LogP contribution in [0.4, 0.5) is 10.1 Å². The van der Waals surface area contributed by atoms with E-state index < -0.39 is 0 Å². The molecule has 6 heteroatoms. The molecule has 0 aliphatic carbocycles. The highest BCUT2D eigenvalue weighted by molar-refractivity contribution is 7.99.